The lowest BCUT2D eigenvalue weighted by molar-refractivity contribution is 0.444. The molecule has 0 spiro atoms. The molecule has 0 saturated heterocycles. The van der Waals surface area contributed by atoms with Crippen LogP contribution in [0.2, 0.25) is 5.02 Å². The maximum absolute atomic E-state index is 6.42. The van der Waals surface area contributed by atoms with E-state index < -0.39 is 0 Å². The zero-order valence-electron chi connectivity index (χ0n) is 11.6. The zero-order chi connectivity index (χ0) is 13.5. The van der Waals surface area contributed by atoms with Crippen molar-refractivity contribution in [2.24, 2.45) is 0 Å². The first kappa shape index (κ1) is 14.4. The standard InChI is InChI=1S/C17H22ClN/c1-2-19-12-6-7-14-10-11-16(17(18)13-14)15-8-4-3-5-9-15/h10-11,13,15,19H,2-5,8-9,12H2,1H3. The summed E-state index contributed by atoms with van der Waals surface area (Å²) in [5.74, 6) is 6.92. The fraction of sp³-hybridized carbons (Fsp3) is 0.529. The van der Waals surface area contributed by atoms with E-state index in [9.17, 15) is 0 Å². The van der Waals surface area contributed by atoms with E-state index in [2.05, 4.69) is 36.2 Å². The fourth-order valence-corrected chi connectivity index (χ4v) is 3.02. The number of benzene rings is 1. The highest BCUT2D eigenvalue weighted by Gasteiger charge is 2.17. The number of rotatable bonds is 3. The van der Waals surface area contributed by atoms with Crippen LogP contribution in [0.15, 0.2) is 18.2 Å². The lowest BCUT2D eigenvalue weighted by Gasteiger charge is -2.22. The van der Waals surface area contributed by atoms with E-state index in [0.29, 0.717) is 5.92 Å². The summed E-state index contributed by atoms with van der Waals surface area (Å²) in [6.45, 7) is 3.77. The fourth-order valence-electron chi connectivity index (χ4n) is 2.68. The van der Waals surface area contributed by atoms with E-state index in [1.54, 1.807) is 0 Å². The maximum Gasteiger partial charge on any atom is 0.0580 e. The van der Waals surface area contributed by atoms with Crippen LogP contribution in [-0.2, 0) is 0 Å². The monoisotopic (exact) mass is 275 g/mol. The Balaban J connectivity index is 2.05. The normalized spacial score (nSPS) is 15.9. The summed E-state index contributed by atoms with van der Waals surface area (Å²) < 4.78 is 0. The molecule has 0 atom stereocenters. The molecule has 2 heteroatoms. The Hall–Kier alpha value is -0.970. The minimum atomic E-state index is 0.657. The van der Waals surface area contributed by atoms with Gasteiger partial charge < -0.3 is 5.32 Å². The van der Waals surface area contributed by atoms with E-state index in [1.165, 1.54) is 37.7 Å². The second-order valence-electron chi connectivity index (χ2n) is 5.15. The molecule has 0 aliphatic heterocycles. The molecule has 1 aliphatic carbocycles. The molecule has 0 radical (unpaired) electrons. The Morgan fingerprint density at radius 1 is 1.26 bits per heavy atom. The van der Waals surface area contributed by atoms with Crippen LogP contribution in [0.25, 0.3) is 0 Å². The Kier molecular flexibility index (Phi) is 5.76. The van der Waals surface area contributed by atoms with Gasteiger partial charge in [-0.25, -0.2) is 0 Å². The Morgan fingerprint density at radius 2 is 2.05 bits per heavy atom. The van der Waals surface area contributed by atoms with E-state index in [0.717, 1.165) is 23.7 Å². The number of nitrogens with one attached hydrogen (secondary N) is 1. The summed E-state index contributed by atoms with van der Waals surface area (Å²) in [6.07, 6.45) is 6.62. The quantitative estimate of drug-likeness (QED) is 0.639. The third-order valence-electron chi connectivity index (χ3n) is 3.74. The smallest absolute Gasteiger partial charge is 0.0580 e. The molecule has 1 N–H and O–H groups in total. The Bertz CT molecular complexity index is 464. The van der Waals surface area contributed by atoms with Crippen molar-refractivity contribution >= 4 is 11.6 Å². The van der Waals surface area contributed by atoms with Crippen molar-refractivity contribution in [3.8, 4) is 11.8 Å². The molecule has 1 aromatic rings. The van der Waals surface area contributed by atoms with Crippen molar-refractivity contribution in [1.29, 1.82) is 0 Å². The highest BCUT2D eigenvalue weighted by atomic mass is 35.5. The summed E-state index contributed by atoms with van der Waals surface area (Å²) in [4.78, 5) is 0. The summed E-state index contributed by atoms with van der Waals surface area (Å²) in [6, 6.07) is 6.30. The summed E-state index contributed by atoms with van der Waals surface area (Å²) in [5, 5.41) is 4.08. The van der Waals surface area contributed by atoms with Gasteiger partial charge in [-0.15, -0.1) is 0 Å². The number of hydrogen-bond acceptors (Lipinski definition) is 1. The molecule has 1 saturated carbocycles. The van der Waals surface area contributed by atoms with Crippen LogP contribution in [0.5, 0.6) is 0 Å². The molecule has 2 rings (SSSR count). The molecule has 1 fully saturated rings. The average molecular weight is 276 g/mol. The third-order valence-corrected chi connectivity index (χ3v) is 4.07. The van der Waals surface area contributed by atoms with Gasteiger partial charge in [-0.05, 0) is 43.0 Å². The number of hydrogen-bond donors (Lipinski definition) is 1. The van der Waals surface area contributed by atoms with Crippen molar-refractivity contribution in [2.45, 2.75) is 44.9 Å². The predicted octanol–water partition coefficient (Wildman–Crippen LogP) is 4.35. The average Bonchev–Trinajstić information content (AvgIpc) is 2.45. The van der Waals surface area contributed by atoms with Crippen LogP contribution in [0.1, 0.15) is 56.1 Å². The minimum Gasteiger partial charge on any atom is -0.306 e. The number of halogens is 1. The van der Waals surface area contributed by atoms with Gasteiger partial charge in [0.15, 0.2) is 0 Å². The van der Waals surface area contributed by atoms with Gasteiger partial charge in [0, 0.05) is 10.6 Å². The maximum atomic E-state index is 6.42. The second-order valence-corrected chi connectivity index (χ2v) is 5.56. The highest BCUT2D eigenvalue weighted by Crippen LogP contribution is 2.36. The van der Waals surface area contributed by atoms with Gasteiger partial charge >= 0.3 is 0 Å². The predicted molar refractivity (Wildman–Crippen MR) is 82.7 cm³/mol. The second kappa shape index (κ2) is 7.58. The lowest BCUT2D eigenvalue weighted by Crippen LogP contribution is -2.11. The van der Waals surface area contributed by atoms with Gasteiger partial charge in [-0.3, -0.25) is 0 Å². The van der Waals surface area contributed by atoms with E-state index in [-0.39, 0.29) is 0 Å². The van der Waals surface area contributed by atoms with Crippen molar-refractivity contribution in [1.82, 2.24) is 5.32 Å². The van der Waals surface area contributed by atoms with Gasteiger partial charge in [0.2, 0.25) is 0 Å². The first-order chi connectivity index (χ1) is 9.31. The van der Waals surface area contributed by atoms with Gasteiger partial charge in [-0.1, -0.05) is 55.7 Å². The summed E-state index contributed by atoms with van der Waals surface area (Å²) in [5.41, 5.74) is 2.33. The van der Waals surface area contributed by atoms with Gasteiger partial charge in [-0.2, -0.15) is 0 Å². The van der Waals surface area contributed by atoms with Crippen molar-refractivity contribution < 1.29 is 0 Å². The van der Waals surface area contributed by atoms with Gasteiger partial charge in [0.25, 0.3) is 0 Å². The molecule has 0 heterocycles. The first-order valence-corrected chi connectivity index (χ1v) is 7.68. The molecular formula is C17H22ClN. The summed E-state index contributed by atoms with van der Waals surface area (Å²) >= 11 is 6.42. The largest absolute Gasteiger partial charge is 0.306 e. The molecule has 0 bridgehead atoms. The van der Waals surface area contributed by atoms with Crippen molar-refractivity contribution in [3.05, 3.63) is 34.3 Å². The third kappa shape index (κ3) is 4.27. The molecule has 0 aromatic heterocycles. The van der Waals surface area contributed by atoms with Crippen molar-refractivity contribution in [2.75, 3.05) is 13.1 Å². The minimum absolute atomic E-state index is 0.657. The molecule has 0 amide bonds. The first-order valence-electron chi connectivity index (χ1n) is 7.30. The van der Waals surface area contributed by atoms with E-state index in [1.807, 2.05) is 6.07 Å². The Morgan fingerprint density at radius 3 is 2.74 bits per heavy atom. The van der Waals surface area contributed by atoms with Crippen LogP contribution >= 0.6 is 11.6 Å². The van der Waals surface area contributed by atoms with Crippen LogP contribution in [0, 0.1) is 11.8 Å². The highest BCUT2D eigenvalue weighted by molar-refractivity contribution is 6.31. The van der Waals surface area contributed by atoms with Crippen molar-refractivity contribution in [3.63, 3.8) is 0 Å². The molecule has 19 heavy (non-hydrogen) atoms. The van der Waals surface area contributed by atoms with Gasteiger partial charge in [0.05, 0.1) is 6.54 Å². The van der Waals surface area contributed by atoms with Crippen LogP contribution < -0.4 is 5.32 Å². The summed E-state index contributed by atoms with van der Waals surface area (Å²) in [7, 11) is 0. The lowest BCUT2D eigenvalue weighted by atomic mass is 9.84. The topological polar surface area (TPSA) is 12.0 Å². The van der Waals surface area contributed by atoms with E-state index in [4.69, 9.17) is 11.6 Å². The SMILES string of the molecule is CCNCC#Cc1ccc(C2CCCCC2)c(Cl)c1. The zero-order valence-corrected chi connectivity index (χ0v) is 12.4. The van der Waals surface area contributed by atoms with E-state index >= 15 is 0 Å². The molecule has 0 unspecified atom stereocenters. The molecule has 1 aliphatic rings. The van der Waals surface area contributed by atoms with Crippen LogP contribution in [-0.4, -0.2) is 13.1 Å². The molecule has 1 nitrogen and oxygen atoms in total. The van der Waals surface area contributed by atoms with Crippen LogP contribution in [0.3, 0.4) is 0 Å². The Labute approximate surface area is 121 Å². The molecular weight excluding hydrogens is 254 g/mol. The molecule has 1 aromatic carbocycles. The molecule has 102 valence electrons. The van der Waals surface area contributed by atoms with Gasteiger partial charge in [0.1, 0.15) is 0 Å². The van der Waals surface area contributed by atoms with Crippen LogP contribution in [0.4, 0.5) is 0 Å².